The van der Waals surface area contributed by atoms with E-state index in [2.05, 4.69) is 9.71 Å². The van der Waals surface area contributed by atoms with Crippen molar-refractivity contribution in [1.29, 1.82) is 0 Å². The summed E-state index contributed by atoms with van der Waals surface area (Å²) in [4.78, 5) is 13.3. The Labute approximate surface area is 116 Å². The molecule has 1 aromatic rings. The van der Waals surface area contributed by atoms with Crippen LogP contribution in [0.3, 0.4) is 0 Å². The number of hydrogen-bond acceptors (Lipinski definition) is 4. The molecule has 1 fully saturated rings. The first-order chi connectivity index (χ1) is 8.74. The second kappa shape index (κ2) is 4.90. The van der Waals surface area contributed by atoms with Gasteiger partial charge >= 0.3 is 0 Å². The van der Waals surface area contributed by atoms with Crippen molar-refractivity contribution in [1.82, 2.24) is 9.71 Å². The second-order valence-corrected chi connectivity index (χ2v) is 6.89. The molecule has 6 nitrogen and oxygen atoms in total. The molecule has 1 aromatic heterocycles. The zero-order valence-electron chi connectivity index (χ0n) is 10.6. The van der Waals surface area contributed by atoms with E-state index in [-0.39, 0.29) is 16.0 Å². The van der Waals surface area contributed by atoms with Crippen LogP contribution in [-0.2, 0) is 14.8 Å². The highest BCUT2D eigenvalue weighted by Crippen LogP contribution is 2.27. The highest BCUT2D eigenvalue weighted by atomic mass is 35.5. The number of H-pyrrole nitrogens is 1. The van der Waals surface area contributed by atoms with Gasteiger partial charge in [-0.15, -0.1) is 0 Å². The molecule has 2 unspecified atom stereocenters. The van der Waals surface area contributed by atoms with Crippen molar-refractivity contribution in [3.63, 3.8) is 0 Å². The van der Waals surface area contributed by atoms with Gasteiger partial charge in [-0.25, -0.2) is 13.1 Å². The van der Waals surface area contributed by atoms with Crippen LogP contribution in [0.5, 0.6) is 0 Å². The topological polar surface area (TPSA) is 88.3 Å². The molecule has 106 valence electrons. The van der Waals surface area contributed by atoms with Gasteiger partial charge in [0.15, 0.2) is 0 Å². The van der Waals surface area contributed by atoms with Gasteiger partial charge in [0.25, 0.3) is 5.56 Å². The standard InChI is InChI=1S/C11H15ClN2O4S/c1-7-11(2,3-4-18-7)14-19(16,17)8-5-9(12)10(15)13-6-8/h5-7,14H,3-4H2,1-2H3,(H,13,15). The van der Waals surface area contributed by atoms with Crippen molar-refractivity contribution in [2.75, 3.05) is 6.61 Å². The third kappa shape index (κ3) is 2.84. The van der Waals surface area contributed by atoms with Gasteiger partial charge in [0.2, 0.25) is 10.0 Å². The lowest BCUT2D eigenvalue weighted by Gasteiger charge is -2.28. The summed E-state index contributed by atoms with van der Waals surface area (Å²) in [7, 11) is -3.76. The Balaban J connectivity index is 2.32. The molecule has 0 amide bonds. The van der Waals surface area contributed by atoms with E-state index in [0.29, 0.717) is 13.0 Å². The van der Waals surface area contributed by atoms with Crippen LogP contribution >= 0.6 is 11.6 Å². The molecule has 1 aliphatic rings. The molecule has 0 saturated carbocycles. The van der Waals surface area contributed by atoms with Gasteiger partial charge in [0, 0.05) is 12.8 Å². The lowest BCUT2D eigenvalue weighted by molar-refractivity contribution is 0.0957. The minimum absolute atomic E-state index is 0.0718. The predicted molar refractivity (Wildman–Crippen MR) is 70.8 cm³/mol. The van der Waals surface area contributed by atoms with Gasteiger partial charge in [-0.2, -0.15) is 0 Å². The van der Waals surface area contributed by atoms with E-state index >= 15 is 0 Å². The number of hydrogen-bond donors (Lipinski definition) is 2. The van der Waals surface area contributed by atoms with Crippen molar-refractivity contribution in [2.24, 2.45) is 0 Å². The number of pyridine rings is 1. The van der Waals surface area contributed by atoms with E-state index in [4.69, 9.17) is 16.3 Å². The summed E-state index contributed by atoms with van der Waals surface area (Å²) in [6.45, 7) is 4.11. The molecule has 2 N–H and O–H groups in total. The highest BCUT2D eigenvalue weighted by molar-refractivity contribution is 7.89. The highest BCUT2D eigenvalue weighted by Gasteiger charge is 2.40. The fourth-order valence-electron chi connectivity index (χ4n) is 1.93. The van der Waals surface area contributed by atoms with Gasteiger partial charge in [0.1, 0.15) is 5.02 Å². The summed E-state index contributed by atoms with van der Waals surface area (Å²) in [5, 5.41) is -0.163. The summed E-state index contributed by atoms with van der Waals surface area (Å²) < 4.78 is 32.5. The maximum absolute atomic E-state index is 12.3. The van der Waals surface area contributed by atoms with Crippen molar-refractivity contribution < 1.29 is 13.2 Å². The van der Waals surface area contributed by atoms with Crippen LogP contribution < -0.4 is 10.3 Å². The predicted octanol–water partition coefficient (Wildman–Crippen LogP) is 0.874. The first-order valence-electron chi connectivity index (χ1n) is 5.78. The maximum Gasteiger partial charge on any atom is 0.266 e. The van der Waals surface area contributed by atoms with Crippen LogP contribution in [0.1, 0.15) is 20.3 Å². The Kier molecular flexibility index (Phi) is 3.74. The van der Waals surface area contributed by atoms with E-state index in [0.717, 1.165) is 12.3 Å². The van der Waals surface area contributed by atoms with E-state index in [9.17, 15) is 13.2 Å². The molecule has 1 aliphatic heterocycles. The minimum Gasteiger partial charge on any atom is -0.376 e. The molecule has 2 atom stereocenters. The number of halogens is 1. The first kappa shape index (κ1) is 14.5. The summed E-state index contributed by atoms with van der Waals surface area (Å²) in [6, 6.07) is 1.13. The Hall–Kier alpha value is -0.890. The summed E-state index contributed by atoms with van der Waals surface area (Å²) in [5.74, 6) is 0. The third-order valence-electron chi connectivity index (χ3n) is 3.40. The second-order valence-electron chi connectivity index (χ2n) is 4.80. The number of sulfonamides is 1. The molecule has 1 saturated heterocycles. The van der Waals surface area contributed by atoms with E-state index in [1.54, 1.807) is 6.92 Å². The molecule has 0 aliphatic carbocycles. The summed E-state index contributed by atoms with van der Waals surface area (Å²) in [6.07, 6.45) is 1.49. The molecule has 8 heteroatoms. The molecule has 19 heavy (non-hydrogen) atoms. The van der Waals surface area contributed by atoms with Crippen molar-refractivity contribution in [2.45, 2.75) is 36.8 Å². The van der Waals surface area contributed by atoms with Crippen LogP contribution in [0.4, 0.5) is 0 Å². The zero-order valence-corrected chi connectivity index (χ0v) is 12.1. The largest absolute Gasteiger partial charge is 0.376 e. The summed E-state index contributed by atoms with van der Waals surface area (Å²) >= 11 is 5.64. The fourth-order valence-corrected chi connectivity index (χ4v) is 3.65. The van der Waals surface area contributed by atoms with Crippen LogP contribution in [-0.4, -0.2) is 31.7 Å². The van der Waals surface area contributed by atoms with Gasteiger partial charge < -0.3 is 9.72 Å². The van der Waals surface area contributed by atoms with E-state index in [1.165, 1.54) is 0 Å². The molecule has 0 bridgehead atoms. The van der Waals surface area contributed by atoms with Crippen LogP contribution in [0.2, 0.25) is 5.02 Å². The number of rotatable bonds is 3. The average molecular weight is 307 g/mol. The average Bonchev–Trinajstić information content (AvgIpc) is 2.61. The minimum atomic E-state index is -3.76. The van der Waals surface area contributed by atoms with Crippen molar-refractivity contribution >= 4 is 21.6 Å². The smallest absolute Gasteiger partial charge is 0.266 e. The Morgan fingerprint density at radius 2 is 2.26 bits per heavy atom. The fraction of sp³-hybridized carbons (Fsp3) is 0.545. The SMILES string of the molecule is CC1OCCC1(C)NS(=O)(=O)c1c[nH]c(=O)c(Cl)c1. The number of aromatic nitrogens is 1. The Morgan fingerprint density at radius 1 is 1.58 bits per heavy atom. The van der Waals surface area contributed by atoms with Crippen molar-refractivity contribution in [3.8, 4) is 0 Å². The first-order valence-corrected chi connectivity index (χ1v) is 7.64. The molecule has 0 aromatic carbocycles. The Morgan fingerprint density at radius 3 is 2.79 bits per heavy atom. The summed E-state index contributed by atoms with van der Waals surface area (Å²) in [5.41, 5.74) is -1.19. The van der Waals surface area contributed by atoms with E-state index < -0.39 is 21.1 Å². The Bertz CT molecular complexity index is 642. The quantitative estimate of drug-likeness (QED) is 0.867. The van der Waals surface area contributed by atoms with Crippen LogP contribution in [0.15, 0.2) is 22.0 Å². The lowest BCUT2D eigenvalue weighted by atomic mass is 9.97. The number of ether oxygens (including phenoxy) is 1. The molecular weight excluding hydrogens is 292 g/mol. The molecule has 2 heterocycles. The number of aromatic amines is 1. The van der Waals surface area contributed by atoms with Crippen LogP contribution in [0, 0.1) is 0 Å². The van der Waals surface area contributed by atoms with Crippen molar-refractivity contribution in [3.05, 3.63) is 27.6 Å². The molecular formula is C11H15ClN2O4S. The third-order valence-corrected chi connectivity index (χ3v) is 5.27. The normalized spacial score (nSPS) is 27.6. The van der Waals surface area contributed by atoms with Gasteiger partial charge in [-0.1, -0.05) is 11.6 Å². The van der Waals surface area contributed by atoms with Gasteiger partial charge in [-0.3, -0.25) is 4.79 Å². The monoisotopic (exact) mass is 306 g/mol. The lowest BCUT2D eigenvalue weighted by Crippen LogP contribution is -2.50. The molecule has 0 spiro atoms. The van der Waals surface area contributed by atoms with E-state index in [1.807, 2.05) is 6.92 Å². The van der Waals surface area contributed by atoms with Gasteiger partial charge in [0.05, 0.1) is 16.5 Å². The van der Waals surface area contributed by atoms with Crippen LogP contribution in [0.25, 0.3) is 0 Å². The molecule has 0 radical (unpaired) electrons. The van der Waals surface area contributed by atoms with Gasteiger partial charge in [-0.05, 0) is 26.3 Å². The number of nitrogens with one attached hydrogen (secondary N) is 2. The molecule has 2 rings (SSSR count). The maximum atomic E-state index is 12.3. The zero-order chi connectivity index (χ0) is 14.3.